The van der Waals surface area contributed by atoms with Gasteiger partial charge in [-0.15, -0.1) is 6.58 Å². The van der Waals surface area contributed by atoms with Gasteiger partial charge in [0.15, 0.2) is 0 Å². The van der Waals surface area contributed by atoms with E-state index >= 15 is 0 Å². The zero-order valence-electron chi connectivity index (χ0n) is 26.1. The number of amides is 5. The number of urea groups is 1. The van der Waals surface area contributed by atoms with Crippen molar-refractivity contribution < 1.29 is 33.5 Å². The summed E-state index contributed by atoms with van der Waals surface area (Å²) >= 11 is 0. The van der Waals surface area contributed by atoms with E-state index in [1.807, 2.05) is 6.92 Å². The lowest BCUT2D eigenvalue weighted by Gasteiger charge is -2.35. The van der Waals surface area contributed by atoms with Crippen LogP contribution in [-0.4, -0.2) is 97.9 Å². The number of carbonyl (C=O) groups is 6. The number of ether oxygens (including phenoxy) is 1. The van der Waals surface area contributed by atoms with Gasteiger partial charge >= 0.3 is 12.0 Å². The molecule has 43 heavy (non-hydrogen) atoms. The molecule has 2 aliphatic heterocycles. The Morgan fingerprint density at radius 2 is 1.67 bits per heavy atom. The lowest BCUT2D eigenvalue weighted by Crippen LogP contribution is -2.60. The van der Waals surface area contributed by atoms with Crippen LogP contribution >= 0.6 is 0 Å². The summed E-state index contributed by atoms with van der Waals surface area (Å²) in [6.07, 6.45) is 6.66. The molecule has 0 aromatic carbocycles. The highest BCUT2D eigenvalue weighted by atomic mass is 16.5. The molecule has 2 heterocycles. The molecule has 2 saturated heterocycles. The molecule has 1 saturated carbocycles. The maximum Gasteiger partial charge on any atom is 0.325 e. The molecule has 3 unspecified atom stereocenters. The van der Waals surface area contributed by atoms with Gasteiger partial charge < -0.3 is 36.2 Å². The van der Waals surface area contributed by atoms with Crippen LogP contribution in [-0.2, 0) is 28.7 Å². The fourth-order valence-corrected chi connectivity index (χ4v) is 4.41. The normalized spacial score (nSPS) is 18.9. The van der Waals surface area contributed by atoms with Gasteiger partial charge in [0.25, 0.3) is 5.91 Å². The van der Waals surface area contributed by atoms with Gasteiger partial charge in [-0.1, -0.05) is 40.2 Å². The van der Waals surface area contributed by atoms with Crippen LogP contribution in [0.5, 0.6) is 0 Å². The van der Waals surface area contributed by atoms with Crippen LogP contribution in [0.4, 0.5) is 4.79 Å². The first-order chi connectivity index (χ1) is 20.4. The number of nitrogens with one attached hydrogen (secondary N) is 5. The molecule has 3 atom stereocenters. The van der Waals surface area contributed by atoms with E-state index in [1.54, 1.807) is 20.8 Å². The smallest absolute Gasteiger partial charge is 0.325 e. The molecule has 242 valence electrons. The maximum absolute atomic E-state index is 13.6. The summed E-state index contributed by atoms with van der Waals surface area (Å²) in [5.74, 6) is -2.70. The van der Waals surface area contributed by atoms with Crippen molar-refractivity contribution in [3.8, 4) is 0 Å². The summed E-state index contributed by atoms with van der Waals surface area (Å²) in [6, 6.07) is -3.57. The summed E-state index contributed by atoms with van der Waals surface area (Å²) in [7, 11) is 0. The van der Waals surface area contributed by atoms with E-state index in [-0.39, 0.29) is 19.5 Å². The average Bonchev–Trinajstić information content (AvgIpc) is 3.62. The van der Waals surface area contributed by atoms with Crippen LogP contribution in [0.2, 0.25) is 0 Å². The molecule has 0 aromatic rings. The number of hydrogen-bond donors (Lipinski definition) is 5. The summed E-state index contributed by atoms with van der Waals surface area (Å²) < 4.78 is 5.10. The van der Waals surface area contributed by atoms with Crippen molar-refractivity contribution in [2.45, 2.75) is 90.8 Å². The first-order valence-electron chi connectivity index (χ1n) is 15.3. The SMILES string of the molecule is C1CNC1.C=CCNC(=O)C(=O)C(CCC)NC(=O)C1CCCN1C(=O)C(NC(=O)NCC(=O)OCC1CC1)C(C)(C)C. The van der Waals surface area contributed by atoms with E-state index in [1.165, 1.54) is 30.5 Å². The first kappa shape index (κ1) is 35.7. The lowest BCUT2D eigenvalue weighted by atomic mass is 9.85. The summed E-state index contributed by atoms with van der Waals surface area (Å²) in [6.45, 7) is 13.6. The van der Waals surface area contributed by atoms with Gasteiger partial charge in [-0.3, -0.25) is 24.0 Å². The van der Waals surface area contributed by atoms with Crippen molar-refractivity contribution in [3.63, 3.8) is 0 Å². The number of esters is 1. The lowest BCUT2D eigenvalue weighted by molar-refractivity contribution is -0.143. The van der Waals surface area contributed by atoms with Gasteiger partial charge in [-0.25, -0.2) is 4.79 Å². The summed E-state index contributed by atoms with van der Waals surface area (Å²) in [5, 5.41) is 13.3. The molecule has 0 spiro atoms. The summed E-state index contributed by atoms with van der Waals surface area (Å²) in [4.78, 5) is 77.4. The Kier molecular flexibility index (Phi) is 14.6. The van der Waals surface area contributed by atoms with Gasteiger partial charge in [0.2, 0.25) is 17.6 Å². The molecular formula is C30H50N6O7. The largest absolute Gasteiger partial charge is 0.464 e. The molecule has 5 amide bonds. The number of Topliss-reactive ketones (excluding diaryl/α,β-unsaturated/α-hetero) is 1. The van der Waals surface area contributed by atoms with Crippen molar-refractivity contribution in [1.29, 1.82) is 0 Å². The van der Waals surface area contributed by atoms with Crippen molar-refractivity contribution >= 4 is 35.5 Å². The van der Waals surface area contributed by atoms with Crippen LogP contribution < -0.4 is 26.6 Å². The average molecular weight is 607 g/mol. The fourth-order valence-electron chi connectivity index (χ4n) is 4.41. The van der Waals surface area contributed by atoms with E-state index in [2.05, 4.69) is 33.2 Å². The van der Waals surface area contributed by atoms with E-state index in [9.17, 15) is 28.8 Å². The number of likely N-dealkylation sites (tertiary alicyclic amines) is 1. The Morgan fingerprint density at radius 1 is 1.02 bits per heavy atom. The van der Waals surface area contributed by atoms with E-state index < -0.39 is 59.0 Å². The third kappa shape index (κ3) is 12.3. The Morgan fingerprint density at radius 3 is 2.21 bits per heavy atom. The number of carbonyl (C=O) groups excluding carboxylic acids is 6. The molecule has 1 aliphatic carbocycles. The number of nitrogens with zero attached hydrogens (tertiary/aromatic N) is 1. The molecule has 5 N–H and O–H groups in total. The topological polar surface area (TPSA) is 175 Å². The first-order valence-corrected chi connectivity index (χ1v) is 15.3. The zero-order chi connectivity index (χ0) is 32.0. The Balaban J connectivity index is 0.00000148. The van der Waals surface area contributed by atoms with Gasteiger partial charge in [0, 0.05) is 13.1 Å². The fraction of sp³-hybridized carbons (Fsp3) is 0.733. The monoisotopic (exact) mass is 606 g/mol. The third-order valence-corrected chi connectivity index (χ3v) is 7.35. The molecule has 13 nitrogen and oxygen atoms in total. The predicted octanol–water partition coefficient (Wildman–Crippen LogP) is 0.780. The highest BCUT2D eigenvalue weighted by Gasteiger charge is 2.42. The van der Waals surface area contributed by atoms with Crippen molar-refractivity contribution in [2.24, 2.45) is 11.3 Å². The molecule has 3 rings (SSSR count). The second-order valence-electron chi connectivity index (χ2n) is 12.3. The Hall–Kier alpha value is -3.48. The minimum Gasteiger partial charge on any atom is -0.464 e. The van der Waals surface area contributed by atoms with E-state index in [4.69, 9.17) is 4.74 Å². The zero-order valence-corrected chi connectivity index (χ0v) is 26.1. The van der Waals surface area contributed by atoms with Gasteiger partial charge in [-0.05, 0) is 62.9 Å². The van der Waals surface area contributed by atoms with Crippen molar-refractivity contribution in [1.82, 2.24) is 31.5 Å². The molecular weight excluding hydrogens is 556 g/mol. The van der Waals surface area contributed by atoms with Crippen LogP contribution in [0.3, 0.4) is 0 Å². The molecule has 3 fully saturated rings. The molecule has 3 aliphatic rings. The Labute approximate surface area is 254 Å². The number of ketones is 1. The second-order valence-corrected chi connectivity index (χ2v) is 12.3. The molecule has 0 bridgehead atoms. The van der Waals surface area contributed by atoms with Crippen LogP contribution in [0, 0.1) is 11.3 Å². The minimum atomic E-state index is -1.02. The predicted molar refractivity (Wildman–Crippen MR) is 161 cm³/mol. The third-order valence-electron chi connectivity index (χ3n) is 7.35. The van der Waals surface area contributed by atoms with Crippen molar-refractivity contribution in [2.75, 3.05) is 39.3 Å². The van der Waals surface area contributed by atoms with E-state index in [0.717, 1.165) is 12.8 Å². The summed E-state index contributed by atoms with van der Waals surface area (Å²) in [5.41, 5.74) is -0.714. The highest BCUT2D eigenvalue weighted by Crippen LogP contribution is 2.29. The van der Waals surface area contributed by atoms with Crippen LogP contribution in [0.1, 0.15) is 72.6 Å². The maximum atomic E-state index is 13.6. The molecule has 0 aromatic heterocycles. The van der Waals surface area contributed by atoms with E-state index in [0.29, 0.717) is 38.3 Å². The van der Waals surface area contributed by atoms with Gasteiger partial charge in [-0.2, -0.15) is 0 Å². The standard InChI is InChI=1S/C27H43N5O7.C3H7N/c1-6-9-18(21(34)24(36)28-13-7-2)30-23(35)19-10-8-14-32(19)25(37)22(27(3,4)5)31-26(38)29-15-20(33)39-16-17-11-12-17;1-2-4-3-1/h7,17-19,22H,2,6,8-16H2,1,3-5H3,(H,28,36)(H,30,35)(H2,29,31,38);4H,1-3H2. The minimum absolute atomic E-state index is 0.124. The molecule has 13 heteroatoms. The number of hydrogen-bond acceptors (Lipinski definition) is 8. The highest BCUT2D eigenvalue weighted by molar-refractivity contribution is 6.38. The van der Waals surface area contributed by atoms with Crippen LogP contribution in [0.15, 0.2) is 12.7 Å². The Bertz CT molecular complexity index is 999. The molecule has 0 radical (unpaired) electrons. The van der Waals surface area contributed by atoms with Gasteiger partial charge in [0.1, 0.15) is 18.6 Å². The number of rotatable bonds is 14. The quantitative estimate of drug-likeness (QED) is 0.110. The van der Waals surface area contributed by atoms with Crippen molar-refractivity contribution in [3.05, 3.63) is 12.7 Å². The second kappa shape index (κ2) is 17.6. The van der Waals surface area contributed by atoms with Gasteiger partial charge in [0.05, 0.1) is 12.6 Å². The van der Waals surface area contributed by atoms with Crippen LogP contribution in [0.25, 0.3) is 0 Å².